The van der Waals surface area contributed by atoms with Crippen molar-refractivity contribution in [1.82, 2.24) is 9.80 Å². The molecule has 0 saturated carbocycles. The summed E-state index contributed by atoms with van der Waals surface area (Å²) in [6.45, 7) is 1.21. The minimum absolute atomic E-state index is 0.000192. The first-order chi connectivity index (χ1) is 10.8. The summed E-state index contributed by atoms with van der Waals surface area (Å²) in [5.74, 6) is -0.0305. The first-order valence-corrected chi connectivity index (χ1v) is 8.67. The van der Waals surface area contributed by atoms with E-state index in [2.05, 4.69) is 15.9 Å². The van der Waals surface area contributed by atoms with Gasteiger partial charge in [-0.05, 0) is 31.0 Å². The lowest BCUT2D eigenvalue weighted by Crippen LogP contribution is -2.46. The Bertz CT molecular complexity index is 601. The van der Waals surface area contributed by atoms with Gasteiger partial charge in [0.15, 0.2) is 0 Å². The average molecular weight is 403 g/mol. The van der Waals surface area contributed by atoms with Crippen LogP contribution in [-0.2, 0) is 4.79 Å². The molecule has 126 valence electrons. The molecule has 5 nitrogen and oxygen atoms in total. The van der Waals surface area contributed by atoms with E-state index in [1.54, 1.807) is 41.9 Å². The number of hydrogen-bond donors (Lipinski definition) is 0. The molecule has 0 bridgehead atoms. The number of nitrogens with zero attached hydrogens (tertiary/aromatic N) is 3. The molecule has 7 heteroatoms. The molecule has 0 spiro atoms. The fourth-order valence-corrected chi connectivity index (χ4v) is 3.55. The van der Waals surface area contributed by atoms with Crippen molar-refractivity contribution < 1.29 is 9.59 Å². The van der Waals surface area contributed by atoms with Gasteiger partial charge in [0.25, 0.3) is 0 Å². The summed E-state index contributed by atoms with van der Waals surface area (Å²) in [5, 5.41) is 0.537. The molecule has 1 fully saturated rings. The van der Waals surface area contributed by atoms with Crippen LogP contribution in [0.1, 0.15) is 12.8 Å². The molecule has 1 aliphatic heterocycles. The van der Waals surface area contributed by atoms with Crippen LogP contribution in [0.5, 0.6) is 0 Å². The molecule has 1 aromatic carbocycles. The van der Waals surface area contributed by atoms with Gasteiger partial charge in [0.2, 0.25) is 5.91 Å². The van der Waals surface area contributed by atoms with Gasteiger partial charge < -0.3 is 14.7 Å². The van der Waals surface area contributed by atoms with Crippen LogP contribution in [0.15, 0.2) is 22.7 Å². The largest absolute Gasteiger partial charge is 0.331 e. The maximum Gasteiger partial charge on any atom is 0.319 e. The number of urea groups is 1. The third-order valence-electron chi connectivity index (χ3n) is 4.10. The summed E-state index contributed by atoms with van der Waals surface area (Å²) in [6, 6.07) is 5.47. The molecular weight excluding hydrogens is 382 g/mol. The number of hydrogen-bond acceptors (Lipinski definition) is 2. The topological polar surface area (TPSA) is 43.9 Å². The van der Waals surface area contributed by atoms with Crippen molar-refractivity contribution in [2.24, 2.45) is 5.92 Å². The average Bonchev–Trinajstić information content (AvgIpc) is 2.53. The molecule has 1 aliphatic rings. The van der Waals surface area contributed by atoms with Gasteiger partial charge in [-0.15, -0.1) is 0 Å². The standard InChI is InChI=1S/C16H21BrClN3O2/c1-19(2)16(23)21-8-6-11(7-9-21)15(22)20(3)14-5-4-12(17)10-13(14)18/h4-5,10-11H,6-9H2,1-3H3. The van der Waals surface area contributed by atoms with E-state index < -0.39 is 0 Å². The second-order valence-corrected chi connectivity index (χ2v) is 7.25. The molecule has 0 N–H and O–H groups in total. The molecule has 3 amide bonds. The number of carbonyl (C=O) groups is 2. The Hall–Kier alpha value is -1.27. The Morgan fingerprint density at radius 2 is 1.83 bits per heavy atom. The Morgan fingerprint density at radius 3 is 2.35 bits per heavy atom. The number of halogens is 2. The van der Waals surface area contributed by atoms with E-state index in [4.69, 9.17) is 11.6 Å². The molecule has 1 heterocycles. The molecule has 0 unspecified atom stereocenters. The predicted molar refractivity (Wildman–Crippen MR) is 95.9 cm³/mol. The Balaban J connectivity index is 2.00. The van der Waals surface area contributed by atoms with Crippen LogP contribution in [0.2, 0.25) is 5.02 Å². The van der Waals surface area contributed by atoms with Gasteiger partial charge >= 0.3 is 6.03 Å². The number of amides is 3. The van der Waals surface area contributed by atoms with Crippen LogP contribution < -0.4 is 4.90 Å². The van der Waals surface area contributed by atoms with E-state index in [0.29, 0.717) is 36.6 Å². The molecule has 0 aromatic heterocycles. The summed E-state index contributed by atoms with van der Waals surface area (Å²) >= 11 is 9.59. The number of anilines is 1. The van der Waals surface area contributed by atoms with Crippen molar-refractivity contribution in [2.45, 2.75) is 12.8 Å². The van der Waals surface area contributed by atoms with E-state index in [0.717, 1.165) is 4.47 Å². The smallest absolute Gasteiger partial charge is 0.319 e. The highest BCUT2D eigenvalue weighted by atomic mass is 79.9. The number of rotatable bonds is 2. The van der Waals surface area contributed by atoms with Crippen LogP contribution >= 0.6 is 27.5 Å². The third-order valence-corrected chi connectivity index (χ3v) is 4.89. The van der Waals surface area contributed by atoms with Crippen molar-refractivity contribution in [3.63, 3.8) is 0 Å². The van der Waals surface area contributed by atoms with Gasteiger partial charge in [0.1, 0.15) is 0 Å². The Morgan fingerprint density at radius 1 is 1.22 bits per heavy atom. The second-order valence-electron chi connectivity index (χ2n) is 5.93. The van der Waals surface area contributed by atoms with Crippen LogP contribution in [0, 0.1) is 5.92 Å². The maximum absolute atomic E-state index is 12.7. The number of carbonyl (C=O) groups excluding carboxylic acids is 2. The molecular formula is C16H21BrClN3O2. The van der Waals surface area contributed by atoms with E-state index in [-0.39, 0.29) is 17.9 Å². The minimum Gasteiger partial charge on any atom is -0.331 e. The summed E-state index contributed by atoms with van der Waals surface area (Å²) in [6.07, 6.45) is 1.35. The van der Waals surface area contributed by atoms with Gasteiger partial charge in [-0.2, -0.15) is 0 Å². The van der Waals surface area contributed by atoms with Gasteiger partial charge in [-0.3, -0.25) is 4.79 Å². The van der Waals surface area contributed by atoms with Gasteiger partial charge in [0.05, 0.1) is 10.7 Å². The van der Waals surface area contributed by atoms with Crippen LogP contribution in [-0.4, -0.2) is 56.0 Å². The molecule has 1 aromatic rings. The van der Waals surface area contributed by atoms with Crippen molar-refractivity contribution in [1.29, 1.82) is 0 Å². The molecule has 2 rings (SSSR count). The van der Waals surface area contributed by atoms with E-state index in [1.165, 1.54) is 0 Å². The SMILES string of the molecule is CN(C)C(=O)N1CCC(C(=O)N(C)c2ccc(Br)cc2Cl)CC1. The highest BCUT2D eigenvalue weighted by Gasteiger charge is 2.30. The zero-order chi connectivity index (χ0) is 17.1. The zero-order valence-corrected chi connectivity index (χ0v) is 15.9. The normalized spacial score (nSPS) is 15.4. The fraction of sp³-hybridized carbons (Fsp3) is 0.500. The number of benzene rings is 1. The third kappa shape index (κ3) is 4.18. The quantitative estimate of drug-likeness (QED) is 0.760. The number of likely N-dealkylation sites (tertiary alicyclic amines) is 1. The zero-order valence-electron chi connectivity index (χ0n) is 13.6. The summed E-state index contributed by atoms with van der Waals surface area (Å²) < 4.78 is 0.877. The maximum atomic E-state index is 12.7. The lowest BCUT2D eigenvalue weighted by molar-refractivity contribution is -0.123. The van der Waals surface area contributed by atoms with Gasteiger partial charge in [-0.1, -0.05) is 27.5 Å². The first kappa shape index (κ1) is 18.1. The first-order valence-electron chi connectivity index (χ1n) is 7.50. The second kappa shape index (κ2) is 7.53. The summed E-state index contributed by atoms with van der Waals surface area (Å²) in [7, 11) is 5.22. The molecule has 23 heavy (non-hydrogen) atoms. The van der Waals surface area contributed by atoms with Crippen molar-refractivity contribution >= 4 is 45.2 Å². The number of piperidine rings is 1. The lowest BCUT2D eigenvalue weighted by atomic mass is 9.95. The molecule has 0 radical (unpaired) electrons. The van der Waals surface area contributed by atoms with E-state index >= 15 is 0 Å². The van der Waals surface area contributed by atoms with Crippen LogP contribution in [0.25, 0.3) is 0 Å². The fourth-order valence-electron chi connectivity index (χ4n) is 2.75. The molecule has 0 atom stereocenters. The predicted octanol–water partition coefficient (Wildman–Crippen LogP) is 3.46. The summed E-state index contributed by atoms with van der Waals surface area (Å²) in [5.41, 5.74) is 0.701. The van der Waals surface area contributed by atoms with Gasteiger partial charge in [0, 0.05) is 44.6 Å². The Kier molecular flexibility index (Phi) is 5.92. The van der Waals surface area contributed by atoms with Gasteiger partial charge in [-0.25, -0.2) is 4.79 Å². The Labute approximate surface area is 150 Å². The minimum atomic E-state index is -0.0778. The molecule has 0 aliphatic carbocycles. The van der Waals surface area contributed by atoms with Crippen LogP contribution in [0.4, 0.5) is 10.5 Å². The monoisotopic (exact) mass is 401 g/mol. The summed E-state index contributed by atoms with van der Waals surface area (Å²) in [4.78, 5) is 29.6. The van der Waals surface area contributed by atoms with Crippen molar-refractivity contribution in [3.05, 3.63) is 27.7 Å². The highest BCUT2D eigenvalue weighted by Crippen LogP contribution is 2.30. The van der Waals surface area contributed by atoms with E-state index in [9.17, 15) is 9.59 Å². The lowest BCUT2D eigenvalue weighted by Gasteiger charge is -2.34. The van der Waals surface area contributed by atoms with E-state index in [1.807, 2.05) is 12.1 Å². The highest BCUT2D eigenvalue weighted by molar-refractivity contribution is 9.10. The van der Waals surface area contributed by atoms with Crippen molar-refractivity contribution in [2.75, 3.05) is 39.1 Å². The molecule has 1 saturated heterocycles. The van der Waals surface area contributed by atoms with Crippen LogP contribution in [0.3, 0.4) is 0 Å². The van der Waals surface area contributed by atoms with Crippen molar-refractivity contribution in [3.8, 4) is 0 Å².